The summed E-state index contributed by atoms with van der Waals surface area (Å²) in [6.45, 7) is 1.02. The highest BCUT2D eigenvalue weighted by Gasteiger charge is 2.34. The molecule has 1 N–H and O–H groups in total. The summed E-state index contributed by atoms with van der Waals surface area (Å²) in [6, 6.07) is 7.36. The molecular weight excluding hydrogens is 425 g/mol. The summed E-state index contributed by atoms with van der Waals surface area (Å²) in [5.41, 5.74) is 0.356. The van der Waals surface area contributed by atoms with Gasteiger partial charge in [-0.25, -0.2) is 0 Å². The topological polar surface area (TPSA) is 82.1 Å². The fraction of sp³-hybridized carbons (Fsp3) is 0.400. The molecule has 0 aromatic heterocycles. The molecule has 6 nitrogen and oxygen atoms in total. The number of rotatable bonds is 4. The molecule has 2 aromatic rings. The maximum Gasteiger partial charge on any atom is 0.416 e. The minimum Gasteiger partial charge on any atom is -0.493 e. The number of hydrogen-bond donors (Lipinski definition) is 1. The van der Waals surface area contributed by atoms with Crippen molar-refractivity contribution in [2.24, 2.45) is 0 Å². The van der Waals surface area contributed by atoms with Crippen molar-refractivity contribution in [2.45, 2.75) is 35.9 Å². The van der Waals surface area contributed by atoms with Gasteiger partial charge in [0.05, 0.1) is 30.3 Å². The van der Waals surface area contributed by atoms with E-state index in [1.165, 1.54) is 24.3 Å². The van der Waals surface area contributed by atoms with Crippen LogP contribution in [0.2, 0.25) is 0 Å². The summed E-state index contributed by atoms with van der Waals surface area (Å²) in [5.74, 6) is 0.0252. The Bertz CT molecular complexity index is 1040. The van der Waals surface area contributed by atoms with Crippen LogP contribution in [0.15, 0.2) is 41.3 Å². The van der Waals surface area contributed by atoms with E-state index in [2.05, 4.69) is 0 Å². The summed E-state index contributed by atoms with van der Waals surface area (Å²) < 4.78 is 88.6. The molecule has 2 heterocycles. The zero-order chi connectivity index (χ0) is 21.5. The first kappa shape index (κ1) is 21.0. The summed E-state index contributed by atoms with van der Waals surface area (Å²) in [5, 5.41) is 0. The van der Waals surface area contributed by atoms with Gasteiger partial charge in [0.25, 0.3) is 10.1 Å². The van der Waals surface area contributed by atoms with Crippen molar-refractivity contribution in [3.63, 3.8) is 0 Å². The summed E-state index contributed by atoms with van der Waals surface area (Å²) in [7, 11) is -4.41. The number of fused-ring (bicyclic) bond motifs is 1. The first-order valence-electron chi connectivity index (χ1n) is 9.33. The molecule has 0 bridgehead atoms. The molecule has 2 aliphatic heterocycles. The van der Waals surface area contributed by atoms with Gasteiger partial charge in [-0.2, -0.15) is 21.6 Å². The van der Waals surface area contributed by atoms with Crippen LogP contribution < -0.4 is 9.47 Å². The summed E-state index contributed by atoms with van der Waals surface area (Å²) in [6.07, 6.45) is -3.80. The standard InChI is InChI=1S/C20H19F3O6S/c21-20(22,23)12-1-3-17(19(9-12)29-13-5-7-27-11-13)15-6-8-28-18-10-14(30(24,25)26)2-4-16(15)18/h1-4,9-10,13,15H,5-8,11H2,(H,24,25,26)/t13-,15?/m1/s1. The van der Waals surface area contributed by atoms with E-state index in [1.807, 2.05) is 0 Å². The highest BCUT2D eigenvalue weighted by Crippen LogP contribution is 2.44. The Labute approximate surface area is 171 Å². The van der Waals surface area contributed by atoms with Gasteiger partial charge >= 0.3 is 6.18 Å². The van der Waals surface area contributed by atoms with Gasteiger partial charge in [-0.05, 0) is 24.6 Å². The number of alkyl halides is 3. The molecular formula is C20H19F3O6S. The lowest BCUT2D eigenvalue weighted by Crippen LogP contribution is -2.20. The van der Waals surface area contributed by atoms with Gasteiger partial charge in [-0.1, -0.05) is 12.1 Å². The molecule has 2 aromatic carbocycles. The van der Waals surface area contributed by atoms with Crippen LogP contribution in [0.1, 0.15) is 35.4 Å². The van der Waals surface area contributed by atoms with E-state index in [1.54, 1.807) is 0 Å². The van der Waals surface area contributed by atoms with Crippen molar-refractivity contribution in [3.05, 3.63) is 53.1 Å². The molecule has 0 radical (unpaired) electrons. The van der Waals surface area contributed by atoms with Crippen LogP contribution >= 0.6 is 0 Å². The molecule has 2 aliphatic rings. The predicted molar refractivity (Wildman–Crippen MR) is 99.5 cm³/mol. The summed E-state index contributed by atoms with van der Waals surface area (Å²) in [4.78, 5) is -0.311. The average Bonchev–Trinajstić information content (AvgIpc) is 3.19. The molecule has 10 heteroatoms. The second-order valence-electron chi connectivity index (χ2n) is 7.22. The van der Waals surface area contributed by atoms with E-state index in [0.29, 0.717) is 37.2 Å². The second kappa shape index (κ2) is 7.75. The molecule has 0 amide bonds. The van der Waals surface area contributed by atoms with E-state index in [4.69, 9.17) is 14.2 Å². The van der Waals surface area contributed by atoms with Crippen LogP contribution in [0.5, 0.6) is 11.5 Å². The van der Waals surface area contributed by atoms with E-state index >= 15 is 0 Å². The average molecular weight is 444 g/mol. The Kier molecular flexibility index (Phi) is 5.41. The van der Waals surface area contributed by atoms with Crippen LogP contribution in [0.4, 0.5) is 13.2 Å². The van der Waals surface area contributed by atoms with Crippen LogP contribution in [0.3, 0.4) is 0 Å². The first-order valence-corrected chi connectivity index (χ1v) is 10.8. The van der Waals surface area contributed by atoms with E-state index in [9.17, 15) is 26.1 Å². The number of benzene rings is 2. The fourth-order valence-corrected chi connectivity index (χ4v) is 4.24. The minimum absolute atomic E-state index is 0.122. The lowest BCUT2D eigenvalue weighted by atomic mass is 9.85. The Morgan fingerprint density at radius 3 is 2.47 bits per heavy atom. The largest absolute Gasteiger partial charge is 0.493 e. The zero-order valence-corrected chi connectivity index (χ0v) is 16.5. The highest BCUT2D eigenvalue weighted by molar-refractivity contribution is 7.85. The molecule has 1 fully saturated rings. The van der Waals surface area contributed by atoms with E-state index in [0.717, 1.165) is 12.1 Å². The quantitative estimate of drug-likeness (QED) is 0.717. The van der Waals surface area contributed by atoms with E-state index in [-0.39, 0.29) is 35.0 Å². The molecule has 30 heavy (non-hydrogen) atoms. The monoisotopic (exact) mass is 444 g/mol. The maximum atomic E-state index is 13.3. The van der Waals surface area contributed by atoms with Crippen molar-refractivity contribution >= 4 is 10.1 Å². The Morgan fingerprint density at radius 2 is 1.80 bits per heavy atom. The van der Waals surface area contributed by atoms with Crippen molar-refractivity contribution in [1.29, 1.82) is 0 Å². The number of hydrogen-bond acceptors (Lipinski definition) is 5. The lowest BCUT2D eigenvalue weighted by Gasteiger charge is -2.29. The molecule has 162 valence electrons. The van der Waals surface area contributed by atoms with Gasteiger partial charge in [-0.3, -0.25) is 4.55 Å². The second-order valence-corrected chi connectivity index (χ2v) is 8.64. The van der Waals surface area contributed by atoms with Gasteiger partial charge in [-0.15, -0.1) is 0 Å². The van der Waals surface area contributed by atoms with Gasteiger partial charge in [0.1, 0.15) is 17.6 Å². The smallest absolute Gasteiger partial charge is 0.416 e. The van der Waals surface area contributed by atoms with Crippen molar-refractivity contribution in [3.8, 4) is 11.5 Å². The van der Waals surface area contributed by atoms with Gasteiger partial charge in [0.2, 0.25) is 0 Å². The molecule has 0 spiro atoms. The van der Waals surface area contributed by atoms with Crippen molar-refractivity contribution < 1.29 is 40.4 Å². The molecule has 2 atom stereocenters. The molecule has 4 rings (SSSR count). The number of ether oxygens (including phenoxy) is 3. The minimum atomic E-state index is -4.51. The van der Waals surface area contributed by atoms with Gasteiger partial charge in [0.15, 0.2) is 0 Å². The summed E-state index contributed by atoms with van der Waals surface area (Å²) >= 11 is 0. The maximum absolute atomic E-state index is 13.3. The molecule has 1 unspecified atom stereocenters. The third-order valence-corrected chi connectivity index (χ3v) is 6.07. The van der Waals surface area contributed by atoms with E-state index < -0.39 is 21.9 Å². The van der Waals surface area contributed by atoms with Crippen molar-refractivity contribution in [2.75, 3.05) is 19.8 Å². The number of halogens is 3. The first-order chi connectivity index (χ1) is 14.1. The molecule has 0 saturated carbocycles. The molecule has 1 saturated heterocycles. The van der Waals surface area contributed by atoms with Gasteiger partial charge < -0.3 is 14.2 Å². The van der Waals surface area contributed by atoms with Gasteiger partial charge in [0, 0.05) is 29.5 Å². The Morgan fingerprint density at radius 1 is 1.03 bits per heavy atom. The van der Waals surface area contributed by atoms with Crippen LogP contribution in [0, 0.1) is 0 Å². The third-order valence-electron chi connectivity index (χ3n) is 5.22. The normalized spacial score (nSPS) is 21.7. The van der Waals surface area contributed by atoms with Crippen LogP contribution in [-0.2, 0) is 21.0 Å². The Balaban J connectivity index is 1.76. The Hall–Kier alpha value is -2.30. The molecule has 0 aliphatic carbocycles. The third kappa shape index (κ3) is 4.26. The fourth-order valence-electron chi connectivity index (χ4n) is 3.74. The highest BCUT2D eigenvalue weighted by atomic mass is 32.2. The van der Waals surface area contributed by atoms with Crippen molar-refractivity contribution in [1.82, 2.24) is 0 Å². The predicted octanol–water partition coefficient (Wildman–Crippen LogP) is 4.03. The van der Waals surface area contributed by atoms with Crippen LogP contribution in [0.25, 0.3) is 0 Å². The lowest BCUT2D eigenvalue weighted by molar-refractivity contribution is -0.137. The van der Waals surface area contributed by atoms with Crippen LogP contribution in [-0.4, -0.2) is 38.9 Å². The zero-order valence-electron chi connectivity index (χ0n) is 15.7. The SMILES string of the molecule is O=S(=O)(O)c1ccc2c(c1)OCCC2c1ccc(C(F)(F)F)cc1O[C@@H]1CCOC1.